The van der Waals surface area contributed by atoms with Gasteiger partial charge in [-0.1, -0.05) is 0 Å². The first kappa shape index (κ1) is 17.6. The van der Waals surface area contributed by atoms with Gasteiger partial charge in [-0.05, 0) is 0 Å². The average molecular weight is 419 g/mol. The molecule has 0 fully saturated rings. The molecule has 0 saturated carbocycles. The van der Waals surface area contributed by atoms with Crippen LogP contribution in [-0.2, 0) is 11.9 Å². The normalized spacial score (nSPS) is 10.6. The van der Waals surface area contributed by atoms with Crippen LogP contribution in [0, 0.1) is 20.2 Å². The second-order valence-electron chi connectivity index (χ2n) is 5.25. The summed E-state index contributed by atoms with van der Waals surface area (Å²) in [5, 5.41) is 34.9. The zero-order chi connectivity index (χ0) is 18.5. The van der Waals surface area contributed by atoms with Gasteiger partial charge in [0.25, 0.3) is 0 Å². The molecule has 2 aromatic carbocycles. The van der Waals surface area contributed by atoms with Crippen LogP contribution >= 0.6 is 0 Å². The van der Waals surface area contributed by atoms with E-state index in [4.69, 9.17) is 0 Å². The second kappa shape index (κ2) is 7.81. The Hall–Kier alpha value is -3.17. The average Bonchev–Trinajstić information content (AvgIpc) is 3.08. The number of nitro benzene ring substituents is 2. The summed E-state index contributed by atoms with van der Waals surface area (Å²) >= 11 is -0.00567. The Morgan fingerprint density at radius 2 is 1.62 bits per heavy atom. The molecule has 3 rings (SSSR count). The zero-order valence-electron chi connectivity index (χ0n) is 13.3. The fourth-order valence-electron chi connectivity index (χ4n) is 2.20. The van der Waals surface area contributed by atoms with Crippen LogP contribution < -0.4 is 4.72 Å². The van der Waals surface area contributed by atoms with Crippen LogP contribution in [0.25, 0.3) is 0 Å². The van der Waals surface area contributed by atoms with Gasteiger partial charge in [0.2, 0.25) is 0 Å². The van der Waals surface area contributed by atoms with Gasteiger partial charge in [0.05, 0.1) is 0 Å². The fraction of sp³-hybridized carbons (Fsp3) is 0.133. The topological polar surface area (TPSA) is 130 Å². The number of nitro groups is 2. The van der Waals surface area contributed by atoms with Crippen molar-refractivity contribution in [1.29, 1.82) is 0 Å². The Kier molecular flexibility index (Phi) is 5.30. The van der Waals surface area contributed by atoms with E-state index in [2.05, 4.69) is 15.4 Å². The molecule has 0 aliphatic heterocycles. The van der Waals surface area contributed by atoms with Crippen molar-refractivity contribution in [2.45, 2.75) is 11.9 Å². The molecule has 1 aromatic heterocycles. The number of benzene rings is 2. The number of hydrogen-bond acceptors (Lipinski definition) is 7. The molecule has 0 spiro atoms. The molecule has 26 heavy (non-hydrogen) atoms. The standard InChI is InChI=1S/C15H12N6O4Se/c22-20(23)13-6-12(7-14(8-13)21(24)25)9-19-17-15(16-18-19)26-10-11-4-2-1-3-5-11/h1-8H,9-10H2. The molecule has 3 aromatic rings. The predicted molar refractivity (Wildman–Crippen MR) is 92.2 cm³/mol. The SMILES string of the molecule is O=[N+]([O-])c1cc(Cn2nnc([Se]Cc3ccccc3)n2)cc([N+](=O)[O-])c1. The molecule has 1 heterocycles. The van der Waals surface area contributed by atoms with Gasteiger partial charge in [-0.2, -0.15) is 0 Å². The van der Waals surface area contributed by atoms with Gasteiger partial charge in [0.15, 0.2) is 0 Å². The summed E-state index contributed by atoms with van der Waals surface area (Å²) < 4.78 is 0.598. The third-order valence-corrected chi connectivity index (χ3v) is 5.24. The molecule has 0 bridgehead atoms. The first-order valence-corrected chi connectivity index (χ1v) is 9.45. The van der Waals surface area contributed by atoms with Gasteiger partial charge in [-0.3, -0.25) is 0 Å². The third kappa shape index (κ3) is 4.46. The number of non-ortho nitro benzene ring substituents is 2. The van der Waals surface area contributed by atoms with Crippen LogP contribution in [0.5, 0.6) is 0 Å². The fourth-order valence-corrected chi connectivity index (χ4v) is 3.74. The second-order valence-corrected chi connectivity index (χ2v) is 7.23. The van der Waals surface area contributed by atoms with Gasteiger partial charge in [-0.25, -0.2) is 0 Å². The molecular formula is C15H12N6O4Se. The Morgan fingerprint density at radius 1 is 0.962 bits per heavy atom. The Morgan fingerprint density at radius 3 is 2.23 bits per heavy atom. The molecule has 0 N–H and O–H groups in total. The monoisotopic (exact) mass is 420 g/mol. The molecule has 0 amide bonds. The van der Waals surface area contributed by atoms with Crippen LogP contribution in [-0.4, -0.2) is 45.0 Å². The van der Waals surface area contributed by atoms with Crippen LogP contribution in [0.15, 0.2) is 48.5 Å². The number of nitrogens with zero attached hydrogens (tertiary/aromatic N) is 6. The minimum atomic E-state index is -0.667. The van der Waals surface area contributed by atoms with Gasteiger partial charge < -0.3 is 0 Å². The zero-order valence-corrected chi connectivity index (χ0v) is 15.0. The molecule has 0 saturated heterocycles. The van der Waals surface area contributed by atoms with Crippen molar-refractivity contribution >= 4 is 31.1 Å². The maximum atomic E-state index is 10.9. The molecular weight excluding hydrogens is 407 g/mol. The Balaban J connectivity index is 1.72. The van der Waals surface area contributed by atoms with Crippen LogP contribution in [0.3, 0.4) is 0 Å². The minimum absolute atomic E-state index is 0.00567. The summed E-state index contributed by atoms with van der Waals surface area (Å²) in [7, 11) is 0. The van der Waals surface area contributed by atoms with Gasteiger partial charge in [0.1, 0.15) is 0 Å². The molecule has 0 radical (unpaired) electrons. The molecule has 11 heteroatoms. The molecule has 0 aliphatic rings. The molecule has 10 nitrogen and oxygen atoms in total. The summed E-state index contributed by atoms with van der Waals surface area (Å²) in [4.78, 5) is 21.8. The molecule has 0 aliphatic carbocycles. The van der Waals surface area contributed by atoms with Gasteiger partial charge >= 0.3 is 153 Å². The summed E-state index contributed by atoms with van der Waals surface area (Å²) in [6.45, 7) is 0.0664. The number of hydrogen-bond donors (Lipinski definition) is 0. The van der Waals surface area contributed by atoms with Crippen molar-refractivity contribution < 1.29 is 9.85 Å². The summed E-state index contributed by atoms with van der Waals surface area (Å²) in [5.74, 6) is 0. The molecule has 0 atom stereocenters. The predicted octanol–water partition coefficient (Wildman–Crippen LogP) is 1.07. The van der Waals surface area contributed by atoms with Crippen molar-refractivity contribution in [2.24, 2.45) is 0 Å². The van der Waals surface area contributed by atoms with E-state index < -0.39 is 9.85 Å². The van der Waals surface area contributed by atoms with E-state index in [1.807, 2.05) is 30.3 Å². The summed E-state index contributed by atoms with van der Waals surface area (Å²) in [5.41, 5.74) is 0.856. The number of rotatable bonds is 7. The molecule has 132 valence electrons. The van der Waals surface area contributed by atoms with Crippen molar-refractivity contribution in [2.75, 3.05) is 0 Å². The number of aromatic nitrogens is 4. The Bertz CT molecular complexity index is 914. The van der Waals surface area contributed by atoms with E-state index in [1.165, 1.54) is 22.5 Å². The van der Waals surface area contributed by atoms with Crippen molar-refractivity contribution in [1.82, 2.24) is 20.2 Å². The van der Waals surface area contributed by atoms with Gasteiger partial charge in [-0.15, -0.1) is 0 Å². The first-order chi connectivity index (χ1) is 12.5. The van der Waals surface area contributed by atoms with E-state index in [0.29, 0.717) is 10.3 Å². The van der Waals surface area contributed by atoms with Crippen molar-refractivity contribution in [3.63, 3.8) is 0 Å². The first-order valence-electron chi connectivity index (χ1n) is 7.38. The third-order valence-electron chi connectivity index (χ3n) is 3.35. The van der Waals surface area contributed by atoms with Crippen LogP contribution in [0.1, 0.15) is 11.1 Å². The van der Waals surface area contributed by atoms with Crippen LogP contribution in [0.4, 0.5) is 11.4 Å². The number of tetrazole rings is 1. The maximum absolute atomic E-state index is 10.9. The van der Waals surface area contributed by atoms with E-state index >= 15 is 0 Å². The molecule has 0 unspecified atom stereocenters. The summed E-state index contributed by atoms with van der Waals surface area (Å²) in [6.07, 6.45) is 0. The van der Waals surface area contributed by atoms with E-state index in [9.17, 15) is 20.2 Å². The Labute approximate surface area is 153 Å². The van der Waals surface area contributed by atoms with Crippen molar-refractivity contribution in [3.8, 4) is 0 Å². The van der Waals surface area contributed by atoms with E-state index in [-0.39, 0.29) is 32.9 Å². The van der Waals surface area contributed by atoms with E-state index in [0.717, 1.165) is 11.4 Å². The summed E-state index contributed by atoms with van der Waals surface area (Å²) in [6, 6.07) is 13.4. The van der Waals surface area contributed by atoms with Gasteiger partial charge in [0, 0.05) is 0 Å². The quantitative estimate of drug-likeness (QED) is 0.318. The van der Waals surface area contributed by atoms with E-state index in [1.54, 1.807) is 0 Å². The van der Waals surface area contributed by atoms with Crippen molar-refractivity contribution in [3.05, 3.63) is 79.9 Å². The van der Waals surface area contributed by atoms with Crippen LogP contribution in [0.2, 0.25) is 0 Å².